The normalized spacial score (nSPS) is 10.9. The quantitative estimate of drug-likeness (QED) is 0.358. The molecule has 1 nitrogen and oxygen atoms in total. The molecule has 0 atom stereocenters. The summed E-state index contributed by atoms with van der Waals surface area (Å²) in [4.78, 5) is 0. The van der Waals surface area contributed by atoms with Gasteiger partial charge in [-0.25, -0.2) is 4.58 Å². The molecule has 0 N–H and O–H groups in total. The lowest BCUT2D eigenvalue weighted by atomic mass is 9.93. The number of fused-ring (bicyclic) bond motifs is 2. The van der Waals surface area contributed by atoms with Gasteiger partial charge in [-0.2, -0.15) is 0 Å². The summed E-state index contributed by atoms with van der Waals surface area (Å²) >= 11 is 0. The molecular formula is C23H20N+. The molecule has 4 rings (SSSR count). The van der Waals surface area contributed by atoms with Gasteiger partial charge in [-0.15, -0.1) is 0 Å². The van der Waals surface area contributed by atoms with E-state index in [-0.39, 0.29) is 0 Å². The number of rotatable bonds is 2. The van der Waals surface area contributed by atoms with Gasteiger partial charge in [-0.05, 0) is 33.7 Å². The molecule has 0 saturated heterocycles. The maximum Gasteiger partial charge on any atom is 0.215 e. The average Bonchev–Trinajstić information content (AvgIpc) is 2.62. The minimum atomic E-state index is 1.25. The molecule has 0 aliphatic carbocycles. The zero-order chi connectivity index (χ0) is 16.5. The lowest BCUT2D eigenvalue weighted by Gasteiger charge is -2.11. The highest BCUT2D eigenvalue weighted by Gasteiger charge is 2.19. The van der Waals surface area contributed by atoms with Gasteiger partial charge >= 0.3 is 0 Å². The second kappa shape index (κ2) is 5.93. The van der Waals surface area contributed by atoms with Gasteiger partial charge in [0.25, 0.3) is 0 Å². The van der Waals surface area contributed by atoms with Crippen LogP contribution in [0.3, 0.4) is 0 Å². The highest BCUT2D eigenvalue weighted by Crippen LogP contribution is 2.26. The largest absolute Gasteiger partial charge is 0.234 e. The van der Waals surface area contributed by atoms with Crippen molar-refractivity contribution in [3.05, 3.63) is 96.1 Å². The Balaban J connectivity index is 2.07. The van der Waals surface area contributed by atoms with Crippen LogP contribution in [0, 0.1) is 0 Å². The van der Waals surface area contributed by atoms with Crippen molar-refractivity contribution in [2.24, 2.45) is 0 Å². The van der Waals surface area contributed by atoms with E-state index in [9.17, 15) is 0 Å². The molecule has 0 aliphatic rings. The lowest BCUT2D eigenvalue weighted by Crippen LogP contribution is -2.17. The maximum absolute atomic E-state index is 2.23. The number of nitrogens with zero attached hydrogens (tertiary/aromatic N) is 1. The van der Waals surface area contributed by atoms with E-state index in [2.05, 4.69) is 104 Å². The van der Waals surface area contributed by atoms with Crippen molar-refractivity contribution in [1.82, 2.24) is 0 Å². The Labute approximate surface area is 142 Å². The fraction of sp³-hybridized carbons (Fsp3) is 0.0870. The molecule has 4 aromatic rings. The average molecular weight is 310 g/mol. The van der Waals surface area contributed by atoms with Crippen LogP contribution in [-0.4, -0.2) is 24.4 Å². The van der Waals surface area contributed by atoms with Crippen LogP contribution in [-0.2, 0) is 0 Å². The molecule has 0 fully saturated rings. The van der Waals surface area contributed by atoms with E-state index in [4.69, 9.17) is 0 Å². The first-order valence-corrected chi connectivity index (χ1v) is 8.26. The van der Waals surface area contributed by atoms with Crippen molar-refractivity contribution in [2.45, 2.75) is 0 Å². The van der Waals surface area contributed by atoms with Crippen molar-refractivity contribution < 1.29 is 4.58 Å². The molecule has 0 amide bonds. The summed E-state index contributed by atoms with van der Waals surface area (Å²) in [5.41, 5.74) is 3.80. The van der Waals surface area contributed by atoms with Crippen LogP contribution in [0.15, 0.2) is 84.9 Å². The fourth-order valence-electron chi connectivity index (χ4n) is 3.49. The van der Waals surface area contributed by atoms with Gasteiger partial charge < -0.3 is 0 Å². The second-order valence-corrected chi connectivity index (χ2v) is 6.30. The van der Waals surface area contributed by atoms with E-state index in [0.717, 1.165) is 0 Å². The van der Waals surface area contributed by atoms with Crippen LogP contribution in [0.2, 0.25) is 0 Å². The van der Waals surface area contributed by atoms with E-state index in [1.165, 1.54) is 38.4 Å². The van der Waals surface area contributed by atoms with E-state index in [1.54, 1.807) is 0 Å². The second-order valence-electron chi connectivity index (χ2n) is 6.30. The standard InChI is InChI=1S/C23H20N/c1-24(2)23(21-15-7-11-17-9-3-5-13-19(17)21)22-16-8-12-18-10-4-6-14-20(18)22/h3-16H,1-2H3/q+1. The SMILES string of the molecule is C[N+](C)=C(c1cccc2ccccc12)c1cccc2ccccc12. The van der Waals surface area contributed by atoms with Gasteiger partial charge in [-0.1, -0.05) is 72.8 Å². The maximum atomic E-state index is 2.23. The first-order chi connectivity index (χ1) is 11.8. The molecule has 0 heterocycles. The Morgan fingerprint density at radius 2 is 0.958 bits per heavy atom. The third-order valence-corrected chi connectivity index (χ3v) is 4.54. The monoisotopic (exact) mass is 310 g/mol. The Morgan fingerprint density at radius 1 is 0.542 bits per heavy atom. The topological polar surface area (TPSA) is 3.01 Å². The zero-order valence-corrected chi connectivity index (χ0v) is 14.0. The lowest BCUT2D eigenvalue weighted by molar-refractivity contribution is -0.463. The van der Waals surface area contributed by atoms with E-state index < -0.39 is 0 Å². The molecular weight excluding hydrogens is 290 g/mol. The van der Waals surface area contributed by atoms with Crippen molar-refractivity contribution in [3.8, 4) is 0 Å². The predicted molar refractivity (Wildman–Crippen MR) is 103 cm³/mol. The molecule has 0 aliphatic heterocycles. The molecule has 0 bridgehead atoms. The van der Waals surface area contributed by atoms with Crippen molar-refractivity contribution in [3.63, 3.8) is 0 Å². The van der Waals surface area contributed by atoms with Crippen LogP contribution >= 0.6 is 0 Å². The number of hydrogen-bond donors (Lipinski definition) is 0. The Hall–Kier alpha value is -2.93. The molecule has 4 aromatic carbocycles. The summed E-state index contributed by atoms with van der Waals surface area (Å²) in [6.45, 7) is 0. The van der Waals surface area contributed by atoms with E-state index in [0.29, 0.717) is 0 Å². The Morgan fingerprint density at radius 3 is 1.42 bits per heavy atom. The van der Waals surface area contributed by atoms with Crippen LogP contribution in [0.25, 0.3) is 21.5 Å². The fourth-order valence-corrected chi connectivity index (χ4v) is 3.49. The highest BCUT2D eigenvalue weighted by molar-refractivity contribution is 6.21. The molecule has 1 heteroatoms. The van der Waals surface area contributed by atoms with Crippen LogP contribution < -0.4 is 0 Å². The predicted octanol–water partition coefficient (Wildman–Crippen LogP) is 5.10. The van der Waals surface area contributed by atoms with Crippen molar-refractivity contribution in [2.75, 3.05) is 14.1 Å². The summed E-state index contributed by atoms with van der Waals surface area (Å²) in [5, 5.41) is 5.12. The molecule has 0 radical (unpaired) electrons. The number of hydrogen-bond acceptors (Lipinski definition) is 0. The Kier molecular flexibility index (Phi) is 3.62. The van der Waals surface area contributed by atoms with Crippen molar-refractivity contribution in [1.29, 1.82) is 0 Å². The van der Waals surface area contributed by atoms with E-state index >= 15 is 0 Å². The summed E-state index contributed by atoms with van der Waals surface area (Å²) in [6, 6.07) is 30.3. The van der Waals surface area contributed by atoms with Gasteiger partial charge in [0.1, 0.15) is 14.1 Å². The minimum absolute atomic E-state index is 1.25. The molecule has 0 saturated carbocycles. The first kappa shape index (κ1) is 14.6. The van der Waals surface area contributed by atoms with Gasteiger partial charge in [0.2, 0.25) is 5.71 Å². The minimum Gasteiger partial charge on any atom is -0.234 e. The zero-order valence-electron chi connectivity index (χ0n) is 14.0. The molecule has 24 heavy (non-hydrogen) atoms. The summed E-state index contributed by atoms with van der Waals surface area (Å²) in [7, 11) is 4.25. The smallest absolute Gasteiger partial charge is 0.215 e. The van der Waals surface area contributed by atoms with Gasteiger partial charge in [-0.3, -0.25) is 0 Å². The highest BCUT2D eigenvalue weighted by atomic mass is 14.9. The van der Waals surface area contributed by atoms with Crippen LogP contribution in [0.5, 0.6) is 0 Å². The summed E-state index contributed by atoms with van der Waals surface area (Å²) in [5.74, 6) is 0. The van der Waals surface area contributed by atoms with Crippen LogP contribution in [0.1, 0.15) is 11.1 Å². The van der Waals surface area contributed by atoms with Gasteiger partial charge in [0.15, 0.2) is 0 Å². The van der Waals surface area contributed by atoms with Gasteiger partial charge in [0.05, 0.1) is 11.1 Å². The molecule has 0 spiro atoms. The van der Waals surface area contributed by atoms with E-state index in [1.807, 2.05) is 0 Å². The van der Waals surface area contributed by atoms with Gasteiger partial charge in [0, 0.05) is 0 Å². The molecule has 116 valence electrons. The third-order valence-electron chi connectivity index (χ3n) is 4.54. The molecule has 0 aromatic heterocycles. The van der Waals surface area contributed by atoms with Crippen LogP contribution in [0.4, 0.5) is 0 Å². The first-order valence-electron chi connectivity index (χ1n) is 8.26. The van der Waals surface area contributed by atoms with Crippen molar-refractivity contribution >= 4 is 27.3 Å². The third kappa shape index (κ3) is 2.39. The summed E-state index contributed by atoms with van der Waals surface area (Å²) < 4.78 is 2.23. The number of benzene rings is 4. The molecule has 0 unspecified atom stereocenters. The Bertz CT molecular complexity index is 978. The summed E-state index contributed by atoms with van der Waals surface area (Å²) in [6.07, 6.45) is 0.